The Kier molecular flexibility index (Phi) is 6.57. The molecule has 1 saturated heterocycles. The van der Waals surface area contributed by atoms with E-state index in [9.17, 15) is 9.59 Å². The number of carbonyl (C=O) groups excluding carboxylic acids is 2. The molecule has 28 heavy (non-hydrogen) atoms. The molecule has 1 aliphatic heterocycles. The smallest absolute Gasteiger partial charge is 0.309 e. The molecule has 7 nitrogen and oxygen atoms in total. The second-order valence-electron chi connectivity index (χ2n) is 6.63. The van der Waals surface area contributed by atoms with Crippen molar-refractivity contribution in [3.05, 3.63) is 46.3 Å². The van der Waals surface area contributed by atoms with Crippen LogP contribution in [0.25, 0.3) is 0 Å². The van der Waals surface area contributed by atoms with Crippen molar-refractivity contribution in [1.82, 2.24) is 10.1 Å². The van der Waals surface area contributed by atoms with E-state index in [1.807, 2.05) is 0 Å². The van der Waals surface area contributed by atoms with Crippen LogP contribution in [0.2, 0.25) is 5.02 Å². The first-order valence-electron chi connectivity index (χ1n) is 9.29. The Morgan fingerprint density at radius 3 is 2.57 bits per heavy atom. The SMILES string of the molecule is CCOC(=O)C1CCN(C(=O)c2noc(C)c2COc2ccc(Cl)cc2)CC1. The number of ether oxygens (including phenoxy) is 2. The molecule has 0 aliphatic carbocycles. The van der Waals surface area contributed by atoms with Gasteiger partial charge in [0, 0.05) is 18.1 Å². The topological polar surface area (TPSA) is 81.9 Å². The molecule has 0 bridgehead atoms. The lowest BCUT2D eigenvalue weighted by molar-refractivity contribution is -0.149. The molecule has 3 rings (SSSR count). The van der Waals surface area contributed by atoms with Crippen LogP contribution in [0.4, 0.5) is 0 Å². The Morgan fingerprint density at radius 1 is 1.25 bits per heavy atom. The highest BCUT2D eigenvalue weighted by Crippen LogP contribution is 2.24. The summed E-state index contributed by atoms with van der Waals surface area (Å²) < 4.78 is 16.1. The molecule has 1 aliphatic rings. The van der Waals surface area contributed by atoms with Crippen LogP contribution >= 0.6 is 11.6 Å². The number of rotatable bonds is 6. The van der Waals surface area contributed by atoms with Gasteiger partial charge in [-0.3, -0.25) is 9.59 Å². The van der Waals surface area contributed by atoms with E-state index in [0.29, 0.717) is 54.6 Å². The Morgan fingerprint density at radius 2 is 1.93 bits per heavy atom. The van der Waals surface area contributed by atoms with Crippen molar-refractivity contribution in [2.24, 2.45) is 5.92 Å². The van der Waals surface area contributed by atoms with Crippen molar-refractivity contribution in [3.8, 4) is 5.75 Å². The number of hydrogen-bond acceptors (Lipinski definition) is 6. The van der Waals surface area contributed by atoms with Crippen molar-refractivity contribution in [2.45, 2.75) is 33.3 Å². The molecule has 1 fully saturated rings. The van der Waals surface area contributed by atoms with E-state index in [4.69, 9.17) is 25.6 Å². The number of halogens is 1. The zero-order valence-electron chi connectivity index (χ0n) is 15.9. The zero-order chi connectivity index (χ0) is 20.1. The van der Waals surface area contributed by atoms with E-state index < -0.39 is 0 Å². The van der Waals surface area contributed by atoms with E-state index in [1.165, 1.54) is 0 Å². The molecule has 0 saturated carbocycles. The van der Waals surface area contributed by atoms with Gasteiger partial charge in [-0.2, -0.15) is 0 Å². The fourth-order valence-electron chi connectivity index (χ4n) is 3.14. The Bertz CT molecular complexity index is 826. The maximum Gasteiger partial charge on any atom is 0.309 e. The van der Waals surface area contributed by atoms with Crippen molar-refractivity contribution >= 4 is 23.5 Å². The number of hydrogen-bond donors (Lipinski definition) is 0. The zero-order valence-corrected chi connectivity index (χ0v) is 16.7. The van der Waals surface area contributed by atoms with E-state index in [2.05, 4.69) is 5.16 Å². The minimum absolute atomic E-state index is 0.157. The second kappa shape index (κ2) is 9.10. The third-order valence-electron chi connectivity index (χ3n) is 4.79. The summed E-state index contributed by atoms with van der Waals surface area (Å²) in [6.45, 7) is 5.02. The van der Waals surface area contributed by atoms with Gasteiger partial charge in [-0.15, -0.1) is 0 Å². The van der Waals surface area contributed by atoms with Crippen LogP contribution in [0.1, 0.15) is 41.6 Å². The van der Waals surface area contributed by atoms with Crippen LogP contribution in [-0.4, -0.2) is 41.6 Å². The summed E-state index contributed by atoms with van der Waals surface area (Å²) in [5.74, 6) is 0.617. The van der Waals surface area contributed by atoms with Gasteiger partial charge in [0.2, 0.25) is 0 Å². The number of likely N-dealkylation sites (tertiary alicyclic amines) is 1. The number of nitrogens with zero attached hydrogens (tertiary/aromatic N) is 2. The number of aryl methyl sites for hydroxylation is 1. The summed E-state index contributed by atoms with van der Waals surface area (Å²) in [6, 6.07) is 6.98. The maximum absolute atomic E-state index is 12.9. The van der Waals surface area contributed by atoms with E-state index in [-0.39, 0.29) is 30.1 Å². The molecule has 8 heteroatoms. The summed E-state index contributed by atoms with van der Waals surface area (Å²) in [7, 11) is 0. The van der Waals surface area contributed by atoms with Crippen LogP contribution in [0, 0.1) is 12.8 Å². The van der Waals surface area contributed by atoms with Gasteiger partial charge in [0.25, 0.3) is 5.91 Å². The molecule has 1 aromatic heterocycles. The third kappa shape index (κ3) is 4.65. The summed E-state index contributed by atoms with van der Waals surface area (Å²) in [4.78, 5) is 26.5. The summed E-state index contributed by atoms with van der Waals surface area (Å²) >= 11 is 5.88. The first-order chi connectivity index (χ1) is 13.5. The molecule has 2 heterocycles. The fourth-order valence-corrected chi connectivity index (χ4v) is 3.27. The van der Waals surface area contributed by atoms with Crippen molar-refractivity contribution in [3.63, 3.8) is 0 Å². The molecule has 0 radical (unpaired) electrons. The largest absolute Gasteiger partial charge is 0.489 e. The second-order valence-corrected chi connectivity index (χ2v) is 7.06. The number of carbonyl (C=O) groups is 2. The first kappa shape index (κ1) is 20.2. The highest BCUT2D eigenvalue weighted by atomic mass is 35.5. The lowest BCUT2D eigenvalue weighted by atomic mass is 9.96. The average molecular weight is 407 g/mol. The van der Waals surface area contributed by atoms with Crippen LogP contribution in [0.5, 0.6) is 5.75 Å². The van der Waals surface area contributed by atoms with E-state index >= 15 is 0 Å². The number of aromatic nitrogens is 1. The van der Waals surface area contributed by atoms with Gasteiger partial charge in [-0.1, -0.05) is 16.8 Å². The summed E-state index contributed by atoms with van der Waals surface area (Å²) in [5, 5.41) is 4.56. The molecule has 2 aromatic rings. The lowest BCUT2D eigenvalue weighted by Gasteiger charge is -2.30. The normalized spacial score (nSPS) is 14.8. The molecule has 0 atom stereocenters. The first-order valence-corrected chi connectivity index (χ1v) is 9.66. The number of benzene rings is 1. The highest BCUT2D eigenvalue weighted by Gasteiger charge is 2.31. The molecule has 150 valence electrons. The highest BCUT2D eigenvalue weighted by molar-refractivity contribution is 6.30. The van der Waals surface area contributed by atoms with Gasteiger partial charge in [0.1, 0.15) is 18.1 Å². The molecule has 0 unspecified atom stereocenters. The van der Waals surface area contributed by atoms with Gasteiger partial charge in [0.15, 0.2) is 5.69 Å². The Balaban J connectivity index is 1.63. The molecule has 0 N–H and O–H groups in total. The van der Waals surface area contributed by atoms with Crippen LogP contribution < -0.4 is 4.74 Å². The standard InChI is InChI=1S/C20H23ClN2O5/c1-3-26-20(25)14-8-10-23(11-9-14)19(24)18-17(13(2)28-22-18)12-27-16-6-4-15(21)5-7-16/h4-7,14H,3,8-12H2,1-2H3. The Hall–Kier alpha value is -2.54. The summed E-state index contributed by atoms with van der Waals surface area (Å²) in [6.07, 6.45) is 1.16. The molecule has 0 spiro atoms. The predicted octanol–water partition coefficient (Wildman–Crippen LogP) is 3.63. The van der Waals surface area contributed by atoms with Crippen molar-refractivity contribution in [2.75, 3.05) is 19.7 Å². The monoisotopic (exact) mass is 406 g/mol. The van der Waals surface area contributed by atoms with Gasteiger partial charge in [0.05, 0.1) is 18.1 Å². The van der Waals surface area contributed by atoms with Crippen molar-refractivity contribution < 1.29 is 23.6 Å². The predicted molar refractivity (Wildman–Crippen MR) is 102 cm³/mol. The molecule has 1 aromatic carbocycles. The third-order valence-corrected chi connectivity index (χ3v) is 5.04. The van der Waals surface area contributed by atoms with Crippen LogP contribution in [0.15, 0.2) is 28.8 Å². The van der Waals surface area contributed by atoms with Gasteiger partial charge in [-0.05, 0) is 51.0 Å². The van der Waals surface area contributed by atoms with Gasteiger partial charge < -0.3 is 18.9 Å². The van der Waals surface area contributed by atoms with Crippen molar-refractivity contribution in [1.29, 1.82) is 0 Å². The quantitative estimate of drug-likeness (QED) is 0.681. The maximum atomic E-state index is 12.9. The van der Waals surface area contributed by atoms with E-state index in [1.54, 1.807) is 43.0 Å². The van der Waals surface area contributed by atoms with Gasteiger partial charge in [-0.25, -0.2) is 0 Å². The molecular weight excluding hydrogens is 384 g/mol. The molecule has 1 amide bonds. The number of esters is 1. The number of piperidine rings is 1. The lowest BCUT2D eigenvalue weighted by Crippen LogP contribution is -2.41. The minimum atomic E-state index is -0.214. The summed E-state index contributed by atoms with van der Waals surface area (Å²) in [5.41, 5.74) is 0.869. The molecular formula is C20H23ClN2O5. The van der Waals surface area contributed by atoms with Crippen LogP contribution in [-0.2, 0) is 16.1 Å². The fraction of sp³-hybridized carbons (Fsp3) is 0.450. The van der Waals surface area contributed by atoms with Crippen LogP contribution in [0.3, 0.4) is 0 Å². The minimum Gasteiger partial charge on any atom is -0.489 e. The van der Waals surface area contributed by atoms with E-state index in [0.717, 1.165) is 0 Å². The van der Waals surface area contributed by atoms with Gasteiger partial charge >= 0.3 is 5.97 Å². The Labute approximate surface area is 168 Å². The number of amides is 1. The average Bonchev–Trinajstić information content (AvgIpc) is 3.08.